The van der Waals surface area contributed by atoms with Gasteiger partial charge in [0.1, 0.15) is 23.9 Å². The summed E-state index contributed by atoms with van der Waals surface area (Å²) in [5.74, 6) is 1.66. The number of rotatable bonds is 5. The highest BCUT2D eigenvalue weighted by Crippen LogP contribution is 2.28. The van der Waals surface area contributed by atoms with Crippen LogP contribution in [0.15, 0.2) is 48.5 Å². The van der Waals surface area contributed by atoms with Crippen LogP contribution in [-0.2, 0) is 0 Å². The van der Waals surface area contributed by atoms with Crippen molar-refractivity contribution >= 4 is 12.0 Å². The number of benzene rings is 2. The van der Waals surface area contributed by atoms with Crippen molar-refractivity contribution in [1.82, 2.24) is 0 Å². The predicted octanol–water partition coefficient (Wildman–Crippen LogP) is 3.14. The van der Waals surface area contributed by atoms with Gasteiger partial charge in [0.15, 0.2) is 0 Å². The van der Waals surface area contributed by atoms with Crippen molar-refractivity contribution in [2.75, 3.05) is 18.5 Å². The summed E-state index contributed by atoms with van der Waals surface area (Å²) in [5, 5.41) is 3.36. The summed E-state index contributed by atoms with van der Waals surface area (Å²) in [4.78, 5) is 10.6. The monoisotopic (exact) mass is 283 g/mol. The van der Waals surface area contributed by atoms with Gasteiger partial charge in [-0.15, -0.1) is 0 Å². The van der Waals surface area contributed by atoms with Gasteiger partial charge in [0, 0.05) is 12.0 Å². The fraction of sp³-hybridized carbons (Fsp3) is 0.235. The SMILES string of the molecule is O=Cc1ccc(OCCC2CNc3ccccc3O2)cc1. The Bertz CT molecular complexity index is 610. The Kier molecular flexibility index (Phi) is 4.05. The van der Waals surface area contributed by atoms with E-state index in [0.29, 0.717) is 12.2 Å². The molecule has 1 atom stereocenters. The molecule has 1 heterocycles. The fourth-order valence-electron chi connectivity index (χ4n) is 2.27. The highest BCUT2D eigenvalue weighted by atomic mass is 16.5. The average molecular weight is 283 g/mol. The molecule has 0 amide bonds. The van der Waals surface area contributed by atoms with Crippen molar-refractivity contribution < 1.29 is 14.3 Å². The van der Waals surface area contributed by atoms with E-state index in [9.17, 15) is 4.79 Å². The van der Waals surface area contributed by atoms with Crippen LogP contribution in [0.25, 0.3) is 0 Å². The van der Waals surface area contributed by atoms with Crippen LogP contribution in [0, 0.1) is 0 Å². The molecule has 4 heteroatoms. The maximum atomic E-state index is 10.6. The quantitative estimate of drug-likeness (QED) is 0.856. The molecule has 1 unspecified atom stereocenters. The van der Waals surface area contributed by atoms with E-state index < -0.39 is 0 Å². The van der Waals surface area contributed by atoms with E-state index in [-0.39, 0.29) is 6.10 Å². The minimum atomic E-state index is 0.106. The van der Waals surface area contributed by atoms with Crippen molar-refractivity contribution in [2.45, 2.75) is 12.5 Å². The number of carbonyl (C=O) groups is 1. The Balaban J connectivity index is 1.49. The van der Waals surface area contributed by atoms with Crippen LogP contribution >= 0.6 is 0 Å². The first-order valence-electron chi connectivity index (χ1n) is 7.03. The Morgan fingerprint density at radius 2 is 2.00 bits per heavy atom. The topological polar surface area (TPSA) is 47.6 Å². The molecule has 2 aromatic rings. The van der Waals surface area contributed by atoms with E-state index in [1.54, 1.807) is 24.3 Å². The molecule has 21 heavy (non-hydrogen) atoms. The number of hydrogen-bond donors (Lipinski definition) is 1. The molecule has 2 aromatic carbocycles. The lowest BCUT2D eigenvalue weighted by molar-refractivity contribution is 0.112. The van der Waals surface area contributed by atoms with E-state index in [4.69, 9.17) is 9.47 Å². The Morgan fingerprint density at radius 1 is 1.19 bits per heavy atom. The van der Waals surface area contributed by atoms with E-state index in [0.717, 1.165) is 36.4 Å². The van der Waals surface area contributed by atoms with Gasteiger partial charge in [-0.3, -0.25) is 4.79 Å². The summed E-state index contributed by atoms with van der Waals surface area (Å²) in [6.45, 7) is 1.36. The largest absolute Gasteiger partial charge is 0.493 e. The van der Waals surface area contributed by atoms with E-state index in [2.05, 4.69) is 5.32 Å². The summed E-state index contributed by atoms with van der Waals surface area (Å²) in [7, 11) is 0. The maximum Gasteiger partial charge on any atom is 0.150 e. The summed E-state index contributed by atoms with van der Waals surface area (Å²) < 4.78 is 11.6. The van der Waals surface area contributed by atoms with Crippen LogP contribution in [0.2, 0.25) is 0 Å². The Labute approximate surface area is 123 Å². The van der Waals surface area contributed by atoms with Gasteiger partial charge in [0.25, 0.3) is 0 Å². The molecule has 0 aromatic heterocycles. The highest BCUT2D eigenvalue weighted by molar-refractivity contribution is 5.74. The van der Waals surface area contributed by atoms with Crippen molar-refractivity contribution in [3.63, 3.8) is 0 Å². The lowest BCUT2D eigenvalue weighted by Crippen LogP contribution is -2.32. The molecule has 1 aliphatic heterocycles. The van der Waals surface area contributed by atoms with Crippen molar-refractivity contribution in [2.24, 2.45) is 0 Å². The number of hydrogen-bond acceptors (Lipinski definition) is 4. The zero-order valence-corrected chi connectivity index (χ0v) is 11.6. The first-order valence-corrected chi connectivity index (χ1v) is 7.03. The molecular weight excluding hydrogens is 266 g/mol. The second kappa shape index (κ2) is 6.31. The molecule has 1 N–H and O–H groups in total. The smallest absolute Gasteiger partial charge is 0.150 e. The fourth-order valence-corrected chi connectivity index (χ4v) is 2.27. The van der Waals surface area contributed by atoms with Gasteiger partial charge in [-0.05, 0) is 36.4 Å². The molecule has 0 radical (unpaired) electrons. The van der Waals surface area contributed by atoms with Crippen LogP contribution in [0.4, 0.5) is 5.69 Å². The molecule has 0 saturated heterocycles. The molecule has 0 saturated carbocycles. The molecule has 3 rings (SSSR count). The number of anilines is 1. The van der Waals surface area contributed by atoms with Gasteiger partial charge in [0.2, 0.25) is 0 Å². The standard InChI is InChI=1S/C17H17NO3/c19-12-13-5-7-14(8-6-13)20-10-9-15-11-18-16-3-1-2-4-17(16)21-15/h1-8,12,15,18H,9-11H2. The summed E-state index contributed by atoms with van der Waals surface area (Å²) in [5.41, 5.74) is 1.69. The molecule has 108 valence electrons. The van der Waals surface area contributed by atoms with Gasteiger partial charge in [-0.2, -0.15) is 0 Å². The lowest BCUT2D eigenvalue weighted by Gasteiger charge is -2.27. The minimum Gasteiger partial charge on any atom is -0.493 e. The first-order chi connectivity index (χ1) is 10.3. The number of aldehydes is 1. The normalized spacial score (nSPS) is 16.3. The third-order valence-corrected chi connectivity index (χ3v) is 3.43. The van der Waals surface area contributed by atoms with Crippen LogP contribution in [0.1, 0.15) is 16.8 Å². The summed E-state index contributed by atoms with van der Waals surface area (Å²) >= 11 is 0. The zero-order chi connectivity index (χ0) is 14.5. The van der Waals surface area contributed by atoms with Gasteiger partial charge >= 0.3 is 0 Å². The van der Waals surface area contributed by atoms with Crippen LogP contribution in [0.5, 0.6) is 11.5 Å². The number of para-hydroxylation sites is 2. The van der Waals surface area contributed by atoms with Crippen LogP contribution in [-0.4, -0.2) is 25.5 Å². The minimum absolute atomic E-state index is 0.106. The van der Waals surface area contributed by atoms with E-state index in [1.165, 1.54) is 0 Å². The molecule has 0 aliphatic carbocycles. The second-order valence-electron chi connectivity index (χ2n) is 4.94. The number of carbonyl (C=O) groups excluding carboxylic acids is 1. The van der Waals surface area contributed by atoms with Gasteiger partial charge in [-0.1, -0.05) is 12.1 Å². The van der Waals surface area contributed by atoms with Gasteiger partial charge < -0.3 is 14.8 Å². The van der Waals surface area contributed by atoms with Crippen LogP contribution in [0.3, 0.4) is 0 Å². The Morgan fingerprint density at radius 3 is 2.81 bits per heavy atom. The molecule has 0 fully saturated rings. The molecule has 0 spiro atoms. The summed E-state index contributed by atoms with van der Waals surface area (Å²) in [6.07, 6.45) is 1.73. The number of fused-ring (bicyclic) bond motifs is 1. The highest BCUT2D eigenvalue weighted by Gasteiger charge is 2.18. The maximum absolute atomic E-state index is 10.6. The third-order valence-electron chi connectivity index (χ3n) is 3.43. The number of nitrogens with one attached hydrogen (secondary N) is 1. The zero-order valence-electron chi connectivity index (χ0n) is 11.6. The van der Waals surface area contributed by atoms with E-state index >= 15 is 0 Å². The van der Waals surface area contributed by atoms with Crippen molar-refractivity contribution in [1.29, 1.82) is 0 Å². The van der Waals surface area contributed by atoms with Crippen molar-refractivity contribution in [3.05, 3.63) is 54.1 Å². The number of ether oxygens (including phenoxy) is 2. The molecular formula is C17H17NO3. The van der Waals surface area contributed by atoms with Gasteiger partial charge in [0.05, 0.1) is 18.8 Å². The van der Waals surface area contributed by atoms with Crippen LogP contribution < -0.4 is 14.8 Å². The molecule has 1 aliphatic rings. The van der Waals surface area contributed by atoms with E-state index in [1.807, 2.05) is 24.3 Å². The van der Waals surface area contributed by atoms with Gasteiger partial charge in [-0.25, -0.2) is 0 Å². The third kappa shape index (κ3) is 3.34. The average Bonchev–Trinajstić information content (AvgIpc) is 2.55. The molecule has 0 bridgehead atoms. The summed E-state index contributed by atoms with van der Waals surface area (Å²) in [6, 6.07) is 15.0. The second-order valence-corrected chi connectivity index (χ2v) is 4.94. The molecule has 4 nitrogen and oxygen atoms in total. The van der Waals surface area contributed by atoms with Crippen molar-refractivity contribution in [3.8, 4) is 11.5 Å². The first kappa shape index (κ1) is 13.5. The lowest BCUT2D eigenvalue weighted by atomic mass is 10.2. The Hall–Kier alpha value is -2.49. The predicted molar refractivity (Wildman–Crippen MR) is 81.3 cm³/mol.